The highest BCUT2D eigenvalue weighted by atomic mass is 16.2. The van der Waals surface area contributed by atoms with E-state index in [4.69, 9.17) is 0 Å². The minimum Gasteiger partial charge on any atom is -0.359 e. The number of hydrogen-bond acceptors (Lipinski definition) is 2. The minimum absolute atomic E-state index is 0.0135. The van der Waals surface area contributed by atoms with E-state index in [0.717, 1.165) is 18.4 Å². The predicted octanol–water partition coefficient (Wildman–Crippen LogP) is 3.67. The molecule has 2 N–H and O–H groups in total. The standard InChI is InChI=1S/C21H33N3O2/c1-14(2)16-6-8-17(9-7-16)19(15(3)4)23-21(26)24-12-10-18(11-13-24)20(25)22-5/h6-9,14-15,18-19H,10-13H2,1-5H3,(H,22,25)(H,23,26)/t19-/m1/s1. The Bertz CT molecular complexity index is 602. The van der Waals surface area contributed by atoms with Crippen molar-refractivity contribution in [2.24, 2.45) is 11.8 Å². The normalized spacial score (nSPS) is 16.7. The predicted molar refractivity (Wildman–Crippen MR) is 105 cm³/mol. The number of urea groups is 1. The highest BCUT2D eigenvalue weighted by Gasteiger charge is 2.28. The maximum Gasteiger partial charge on any atom is 0.317 e. The maximum atomic E-state index is 12.7. The fraction of sp³-hybridized carbons (Fsp3) is 0.619. The van der Waals surface area contributed by atoms with E-state index >= 15 is 0 Å². The number of benzene rings is 1. The van der Waals surface area contributed by atoms with Crippen LogP contribution in [0.1, 0.15) is 63.6 Å². The number of carbonyl (C=O) groups excluding carboxylic acids is 2. The molecule has 0 spiro atoms. The van der Waals surface area contributed by atoms with Gasteiger partial charge in [0.15, 0.2) is 0 Å². The molecule has 1 saturated heterocycles. The van der Waals surface area contributed by atoms with Crippen LogP contribution in [-0.2, 0) is 4.79 Å². The second-order valence-electron chi connectivity index (χ2n) is 7.87. The summed E-state index contributed by atoms with van der Waals surface area (Å²) in [5.41, 5.74) is 2.44. The number of carbonyl (C=O) groups is 2. The van der Waals surface area contributed by atoms with Crippen LogP contribution < -0.4 is 10.6 Å². The largest absolute Gasteiger partial charge is 0.359 e. The lowest BCUT2D eigenvalue weighted by molar-refractivity contribution is -0.125. The quantitative estimate of drug-likeness (QED) is 0.842. The summed E-state index contributed by atoms with van der Waals surface area (Å²) in [6.07, 6.45) is 1.45. The molecule has 1 heterocycles. The van der Waals surface area contributed by atoms with Crippen LogP contribution in [0.2, 0.25) is 0 Å². The van der Waals surface area contributed by atoms with Crippen molar-refractivity contribution >= 4 is 11.9 Å². The van der Waals surface area contributed by atoms with Gasteiger partial charge < -0.3 is 15.5 Å². The molecule has 1 aromatic rings. The van der Waals surface area contributed by atoms with Crippen molar-refractivity contribution in [3.63, 3.8) is 0 Å². The summed E-state index contributed by atoms with van der Waals surface area (Å²) in [7, 11) is 1.67. The molecule has 3 amide bonds. The molecule has 1 aromatic carbocycles. The number of amides is 3. The lowest BCUT2D eigenvalue weighted by Crippen LogP contribution is -2.48. The van der Waals surface area contributed by atoms with Crippen molar-refractivity contribution < 1.29 is 9.59 Å². The van der Waals surface area contributed by atoms with E-state index in [0.29, 0.717) is 24.9 Å². The first-order chi connectivity index (χ1) is 12.3. The average Bonchev–Trinajstić information content (AvgIpc) is 2.65. The van der Waals surface area contributed by atoms with E-state index in [9.17, 15) is 9.59 Å². The van der Waals surface area contributed by atoms with Crippen molar-refractivity contribution in [1.82, 2.24) is 15.5 Å². The van der Waals surface area contributed by atoms with Crippen molar-refractivity contribution in [3.8, 4) is 0 Å². The molecule has 0 aromatic heterocycles. The molecule has 1 fully saturated rings. The highest BCUT2D eigenvalue weighted by molar-refractivity contribution is 5.79. The van der Waals surface area contributed by atoms with E-state index in [2.05, 4.69) is 62.6 Å². The van der Waals surface area contributed by atoms with E-state index < -0.39 is 0 Å². The third kappa shape index (κ3) is 4.99. The highest BCUT2D eigenvalue weighted by Crippen LogP contribution is 2.25. The summed E-state index contributed by atoms with van der Waals surface area (Å²) in [5.74, 6) is 0.897. The van der Waals surface area contributed by atoms with E-state index in [1.54, 1.807) is 7.05 Å². The number of hydrogen-bond donors (Lipinski definition) is 2. The molecule has 0 aliphatic carbocycles. The Morgan fingerprint density at radius 3 is 2.00 bits per heavy atom. The summed E-state index contributed by atoms with van der Waals surface area (Å²) in [4.78, 5) is 26.3. The smallest absolute Gasteiger partial charge is 0.317 e. The monoisotopic (exact) mass is 359 g/mol. The molecule has 144 valence electrons. The van der Waals surface area contributed by atoms with Crippen LogP contribution in [0.15, 0.2) is 24.3 Å². The zero-order valence-corrected chi connectivity index (χ0v) is 16.7. The maximum absolute atomic E-state index is 12.7. The van der Waals surface area contributed by atoms with Gasteiger partial charge in [0.25, 0.3) is 0 Å². The molecule has 1 aliphatic heterocycles. The molecule has 0 bridgehead atoms. The lowest BCUT2D eigenvalue weighted by atomic mass is 9.93. The first-order valence-corrected chi connectivity index (χ1v) is 9.70. The van der Waals surface area contributed by atoms with Crippen LogP contribution in [0, 0.1) is 11.8 Å². The summed E-state index contributed by atoms with van der Waals surface area (Å²) in [6, 6.07) is 8.50. The number of piperidine rings is 1. The summed E-state index contributed by atoms with van der Waals surface area (Å²) >= 11 is 0. The Morgan fingerprint density at radius 2 is 1.54 bits per heavy atom. The Morgan fingerprint density at radius 1 is 1.00 bits per heavy atom. The first-order valence-electron chi connectivity index (χ1n) is 9.70. The van der Waals surface area contributed by atoms with E-state index in [1.807, 2.05) is 4.90 Å². The number of rotatable bonds is 5. The molecular weight excluding hydrogens is 326 g/mol. The molecule has 0 radical (unpaired) electrons. The second kappa shape index (κ2) is 9.06. The van der Waals surface area contributed by atoms with Gasteiger partial charge in [0.1, 0.15) is 0 Å². The first kappa shape index (κ1) is 20.3. The van der Waals surface area contributed by atoms with Gasteiger partial charge in [0.2, 0.25) is 5.91 Å². The van der Waals surface area contributed by atoms with Gasteiger partial charge in [0, 0.05) is 26.1 Å². The van der Waals surface area contributed by atoms with E-state index in [1.165, 1.54) is 5.56 Å². The number of likely N-dealkylation sites (tertiary alicyclic amines) is 1. The van der Waals surface area contributed by atoms with Crippen LogP contribution in [0.5, 0.6) is 0 Å². The molecule has 0 saturated carbocycles. The zero-order valence-electron chi connectivity index (χ0n) is 16.7. The van der Waals surface area contributed by atoms with Crippen LogP contribution in [0.3, 0.4) is 0 Å². The number of nitrogens with zero attached hydrogens (tertiary/aromatic N) is 1. The van der Waals surface area contributed by atoms with Gasteiger partial charge in [-0.05, 0) is 35.8 Å². The molecular formula is C21H33N3O2. The minimum atomic E-state index is -0.0352. The fourth-order valence-electron chi connectivity index (χ4n) is 3.50. The molecule has 1 atom stereocenters. The topological polar surface area (TPSA) is 61.4 Å². The Hall–Kier alpha value is -2.04. The van der Waals surface area contributed by atoms with Crippen LogP contribution in [-0.4, -0.2) is 37.0 Å². The Labute approximate surface area is 157 Å². The van der Waals surface area contributed by atoms with Crippen molar-refractivity contribution in [1.29, 1.82) is 0 Å². The van der Waals surface area contributed by atoms with Gasteiger partial charge in [-0.15, -0.1) is 0 Å². The number of nitrogens with one attached hydrogen (secondary N) is 2. The molecule has 1 aliphatic rings. The van der Waals surface area contributed by atoms with Gasteiger partial charge >= 0.3 is 6.03 Å². The van der Waals surface area contributed by atoms with Crippen molar-refractivity contribution in [2.75, 3.05) is 20.1 Å². The van der Waals surface area contributed by atoms with Crippen LogP contribution >= 0.6 is 0 Å². The SMILES string of the molecule is CNC(=O)C1CCN(C(=O)N[C@@H](c2ccc(C(C)C)cc2)C(C)C)CC1. The summed E-state index contributed by atoms with van der Waals surface area (Å²) in [5, 5.41) is 5.90. The van der Waals surface area contributed by atoms with Crippen molar-refractivity contribution in [2.45, 2.75) is 52.5 Å². The van der Waals surface area contributed by atoms with Gasteiger partial charge in [-0.3, -0.25) is 4.79 Å². The van der Waals surface area contributed by atoms with Gasteiger partial charge in [-0.2, -0.15) is 0 Å². The molecule has 5 nitrogen and oxygen atoms in total. The van der Waals surface area contributed by atoms with E-state index in [-0.39, 0.29) is 23.9 Å². The average molecular weight is 360 g/mol. The molecule has 5 heteroatoms. The van der Waals surface area contributed by atoms with Crippen molar-refractivity contribution in [3.05, 3.63) is 35.4 Å². The third-order valence-electron chi connectivity index (χ3n) is 5.31. The van der Waals surface area contributed by atoms with Gasteiger partial charge in [-0.25, -0.2) is 4.79 Å². The fourth-order valence-corrected chi connectivity index (χ4v) is 3.50. The zero-order chi connectivity index (χ0) is 19.3. The third-order valence-corrected chi connectivity index (χ3v) is 5.31. The lowest BCUT2D eigenvalue weighted by Gasteiger charge is -2.33. The van der Waals surface area contributed by atoms with Gasteiger partial charge in [0.05, 0.1) is 6.04 Å². The summed E-state index contributed by atoms with van der Waals surface area (Å²) < 4.78 is 0. The summed E-state index contributed by atoms with van der Waals surface area (Å²) in [6.45, 7) is 9.86. The Kier molecular flexibility index (Phi) is 7.06. The Balaban J connectivity index is 1.99. The molecule has 0 unspecified atom stereocenters. The van der Waals surface area contributed by atoms with Crippen LogP contribution in [0.25, 0.3) is 0 Å². The van der Waals surface area contributed by atoms with Gasteiger partial charge in [-0.1, -0.05) is 52.0 Å². The molecule has 2 rings (SSSR count). The second-order valence-corrected chi connectivity index (χ2v) is 7.87. The molecule has 26 heavy (non-hydrogen) atoms. The van der Waals surface area contributed by atoms with Crippen LogP contribution in [0.4, 0.5) is 4.79 Å².